The van der Waals surface area contributed by atoms with Gasteiger partial charge in [0.1, 0.15) is 42.5 Å². The number of nitrogens with zero attached hydrogens (tertiary/aromatic N) is 1. The van der Waals surface area contributed by atoms with E-state index in [4.69, 9.17) is 25.8 Å². The summed E-state index contributed by atoms with van der Waals surface area (Å²) in [5, 5.41) is 9.81. The third-order valence-electron chi connectivity index (χ3n) is 7.10. The Morgan fingerprint density at radius 2 is 1.46 bits per heavy atom. The fourth-order valence-electron chi connectivity index (χ4n) is 5.18. The van der Waals surface area contributed by atoms with E-state index < -0.39 is 11.6 Å². The Morgan fingerprint density at radius 3 is 2.08 bits per heavy atom. The fourth-order valence-corrected chi connectivity index (χ4v) is 5.27. The summed E-state index contributed by atoms with van der Waals surface area (Å²) in [7, 11) is 0. The third kappa shape index (κ3) is 4.76. The van der Waals surface area contributed by atoms with Crippen LogP contribution in [0.5, 0.6) is 11.5 Å². The highest BCUT2D eigenvalue weighted by molar-refractivity contribution is 6.18. The Hall–Kier alpha value is -3.84. The average molecular weight is 542 g/mol. The van der Waals surface area contributed by atoms with Crippen molar-refractivity contribution in [3.63, 3.8) is 0 Å². The van der Waals surface area contributed by atoms with Crippen molar-refractivity contribution in [2.24, 2.45) is 0 Å². The molecule has 1 amide bonds. The van der Waals surface area contributed by atoms with Crippen LogP contribution in [0.15, 0.2) is 103 Å². The number of rotatable bonds is 10. The molecule has 6 rings (SSSR count). The molecular formula is C32H28ClNO5. The lowest BCUT2D eigenvalue weighted by Crippen LogP contribution is -2.46. The van der Waals surface area contributed by atoms with Crippen molar-refractivity contribution in [2.45, 2.75) is 17.7 Å². The predicted molar refractivity (Wildman–Crippen MR) is 150 cm³/mol. The lowest BCUT2D eigenvalue weighted by molar-refractivity contribution is 0.0986. The van der Waals surface area contributed by atoms with Gasteiger partial charge in [-0.1, -0.05) is 60.7 Å². The second-order valence-electron chi connectivity index (χ2n) is 9.67. The van der Waals surface area contributed by atoms with Gasteiger partial charge in [0, 0.05) is 11.3 Å². The smallest absolute Gasteiger partial charge is 0.260 e. The van der Waals surface area contributed by atoms with Crippen LogP contribution in [0.25, 0.3) is 0 Å². The van der Waals surface area contributed by atoms with E-state index in [-0.39, 0.29) is 24.5 Å². The van der Waals surface area contributed by atoms with Crippen LogP contribution < -0.4 is 14.4 Å². The molecule has 3 unspecified atom stereocenters. The van der Waals surface area contributed by atoms with Gasteiger partial charge in [-0.15, -0.1) is 11.6 Å². The molecular weight excluding hydrogens is 514 g/mol. The highest BCUT2D eigenvalue weighted by atomic mass is 35.5. The summed E-state index contributed by atoms with van der Waals surface area (Å²) < 4.78 is 16.9. The number of carbonyl (C=O) groups is 1. The number of amides is 1. The molecule has 0 aromatic heterocycles. The summed E-state index contributed by atoms with van der Waals surface area (Å²) in [5.74, 6) is 1.37. The van der Waals surface area contributed by atoms with Gasteiger partial charge in [-0.25, -0.2) is 0 Å². The molecule has 0 saturated carbocycles. The number of para-hydroxylation sites is 1. The Kier molecular flexibility index (Phi) is 7.00. The first-order chi connectivity index (χ1) is 19.1. The number of hydrogen-bond acceptors (Lipinski definition) is 5. The Morgan fingerprint density at radius 1 is 0.872 bits per heavy atom. The number of hydrogen-bond donors (Lipinski definition) is 1. The Labute approximate surface area is 232 Å². The topological polar surface area (TPSA) is 71.5 Å². The molecule has 6 nitrogen and oxygen atoms in total. The monoisotopic (exact) mass is 541 g/mol. The molecule has 3 atom stereocenters. The van der Waals surface area contributed by atoms with Crippen LogP contribution >= 0.6 is 11.6 Å². The molecule has 198 valence electrons. The quantitative estimate of drug-likeness (QED) is 0.215. The molecule has 2 aliphatic heterocycles. The number of halogens is 1. The first-order valence-corrected chi connectivity index (χ1v) is 13.5. The van der Waals surface area contributed by atoms with E-state index in [1.54, 1.807) is 0 Å². The number of epoxide rings is 1. The van der Waals surface area contributed by atoms with Crippen molar-refractivity contribution >= 4 is 23.2 Å². The third-order valence-corrected chi connectivity index (χ3v) is 7.46. The number of benzene rings is 4. The van der Waals surface area contributed by atoms with Crippen molar-refractivity contribution in [3.8, 4) is 11.5 Å². The van der Waals surface area contributed by atoms with Gasteiger partial charge in [0.2, 0.25) is 0 Å². The molecule has 0 bridgehead atoms. The molecule has 2 heterocycles. The van der Waals surface area contributed by atoms with Gasteiger partial charge >= 0.3 is 0 Å². The number of fused-ring (bicyclic) bond motifs is 1. The molecule has 1 N–H and O–H groups in total. The number of alkyl halides is 1. The van der Waals surface area contributed by atoms with Crippen LogP contribution in [0.3, 0.4) is 0 Å². The summed E-state index contributed by atoms with van der Waals surface area (Å²) in [5.41, 5.74) is 3.21. The zero-order valence-corrected chi connectivity index (χ0v) is 22.0. The van der Waals surface area contributed by atoms with E-state index in [0.29, 0.717) is 17.9 Å². The SMILES string of the molecule is O=C1c2ccccc2C(c2ccc(OCC(O)CCl)cc2)(c2ccc(OCC3CO3)cc2)N1c1ccccc1. The zero-order valence-electron chi connectivity index (χ0n) is 21.2. The van der Waals surface area contributed by atoms with Crippen LogP contribution in [0.4, 0.5) is 5.69 Å². The summed E-state index contributed by atoms with van der Waals surface area (Å²) >= 11 is 5.72. The van der Waals surface area contributed by atoms with Crippen molar-refractivity contribution in [1.29, 1.82) is 0 Å². The van der Waals surface area contributed by atoms with Crippen LogP contribution in [-0.2, 0) is 10.3 Å². The number of ether oxygens (including phenoxy) is 3. The molecule has 0 aliphatic carbocycles. The predicted octanol–water partition coefficient (Wildman–Crippen LogP) is 5.40. The van der Waals surface area contributed by atoms with Crippen LogP contribution in [0.2, 0.25) is 0 Å². The average Bonchev–Trinajstić information content (AvgIpc) is 3.79. The second-order valence-corrected chi connectivity index (χ2v) is 9.97. The summed E-state index contributed by atoms with van der Waals surface area (Å²) in [6.45, 7) is 1.34. The van der Waals surface area contributed by atoms with Crippen LogP contribution in [0, 0.1) is 0 Å². The van der Waals surface area contributed by atoms with Crippen molar-refractivity contribution < 1.29 is 24.1 Å². The molecule has 7 heteroatoms. The minimum atomic E-state index is -0.943. The van der Waals surface area contributed by atoms with Crippen molar-refractivity contribution in [2.75, 3.05) is 30.6 Å². The fraction of sp³-hybridized carbons (Fsp3) is 0.219. The Balaban J connectivity index is 1.50. The maximum absolute atomic E-state index is 14.1. The van der Waals surface area contributed by atoms with E-state index in [2.05, 4.69) is 0 Å². The van der Waals surface area contributed by atoms with Crippen LogP contribution in [-0.4, -0.2) is 48.9 Å². The van der Waals surface area contributed by atoms with Gasteiger partial charge in [0.25, 0.3) is 5.91 Å². The van der Waals surface area contributed by atoms with Gasteiger partial charge in [0.15, 0.2) is 0 Å². The van der Waals surface area contributed by atoms with Crippen molar-refractivity contribution in [1.82, 2.24) is 0 Å². The summed E-state index contributed by atoms with van der Waals surface area (Å²) in [6.07, 6.45) is -0.590. The lowest BCUT2D eigenvalue weighted by atomic mass is 9.76. The van der Waals surface area contributed by atoms with E-state index in [1.165, 1.54) is 0 Å². The summed E-state index contributed by atoms with van der Waals surface area (Å²) in [6, 6.07) is 33.1. The molecule has 4 aromatic rings. The van der Waals surface area contributed by atoms with E-state index in [0.717, 1.165) is 34.7 Å². The Bertz CT molecular complexity index is 1440. The largest absolute Gasteiger partial charge is 0.491 e. The maximum Gasteiger partial charge on any atom is 0.260 e. The highest BCUT2D eigenvalue weighted by Gasteiger charge is 2.52. The number of carbonyl (C=O) groups excluding carboxylic acids is 1. The minimum absolute atomic E-state index is 0.0754. The zero-order chi connectivity index (χ0) is 26.8. The molecule has 0 radical (unpaired) electrons. The second kappa shape index (κ2) is 10.7. The molecule has 1 fully saturated rings. The lowest BCUT2D eigenvalue weighted by Gasteiger charge is -2.40. The standard InChI is InChI=1S/C32H28ClNO5/c33-18-25(35)19-37-26-14-10-22(11-15-26)32(23-12-16-27(17-13-23)38-20-28-21-39-28)30-9-5-4-8-29(30)31(36)34(32)24-6-2-1-3-7-24/h1-17,25,28,35H,18-21H2. The van der Waals surface area contributed by atoms with Gasteiger partial charge in [-0.3, -0.25) is 9.69 Å². The van der Waals surface area contributed by atoms with Gasteiger partial charge < -0.3 is 19.3 Å². The molecule has 2 aliphatic rings. The summed E-state index contributed by atoms with van der Waals surface area (Å²) in [4.78, 5) is 16.0. The van der Waals surface area contributed by atoms with E-state index in [9.17, 15) is 9.90 Å². The molecule has 0 spiro atoms. The van der Waals surface area contributed by atoms with Crippen molar-refractivity contribution in [3.05, 3.63) is 125 Å². The van der Waals surface area contributed by atoms with E-state index in [1.807, 2.05) is 108 Å². The molecule has 39 heavy (non-hydrogen) atoms. The first-order valence-electron chi connectivity index (χ1n) is 12.9. The number of aliphatic hydroxyl groups excluding tert-OH is 1. The molecule has 4 aromatic carbocycles. The number of anilines is 1. The van der Waals surface area contributed by atoms with Gasteiger partial charge in [-0.05, 0) is 59.2 Å². The minimum Gasteiger partial charge on any atom is -0.491 e. The molecule has 1 saturated heterocycles. The number of aliphatic hydroxyl groups is 1. The van der Waals surface area contributed by atoms with E-state index >= 15 is 0 Å². The first kappa shape index (κ1) is 25.4. The van der Waals surface area contributed by atoms with Crippen LogP contribution in [0.1, 0.15) is 27.0 Å². The van der Waals surface area contributed by atoms with Gasteiger partial charge in [0.05, 0.1) is 12.5 Å². The van der Waals surface area contributed by atoms with Gasteiger partial charge in [-0.2, -0.15) is 0 Å². The normalized spacial score (nSPS) is 20.4. The highest BCUT2D eigenvalue weighted by Crippen LogP contribution is 2.51. The maximum atomic E-state index is 14.1.